The van der Waals surface area contributed by atoms with Gasteiger partial charge >= 0.3 is 0 Å². The molecule has 0 saturated carbocycles. The van der Waals surface area contributed by atoms with Gasteiger partial charge in [-0.15, -0.1) is 0 Å². The number of aldehydes is 1. The van der Waals surface area contributed by atoms with Crippen LogP contribution >= 0.6 is 0 Å². The van der Waals surface area contributed by atoms with Crippen LogP contribution in [-0.4, -0.2) is 71.0 Å². The van der Waals surface area contributed by atoms with Crippen molar-refractivity contribution < 1.29 is 14.4 Å². The van der Waals surface area contributed by atoms with Crippen molar-refractivity contribution in [3.8, 4) is 0 Å². The van der Waals surface area contributed by atoms with Crippen LogP contribution in [0.3, 0.4) is 0 Å². The molecule has 0 spiro atoms. The second-order valence-corrected chi connectivity index (χ2v) is 13.3. The maximum atomic E-state index is 14.2. The van der Waals surface area contributed by atoms with E-state index < -0.39 is 12.1 Å². The van der Waals surface area contributed by atoms with E-state index in [4.69, 9.17) is 4.99 Å². The van der Waals surface area contributed by atoms with Crippen molar-refractivity contribution in [2.45, 2.75) is 84.6 Å². The maximum Gasteiger partial charge on any atom is 0.245 e. The van der Waals surface area contributed by atoms with Crippen molar-refractivity contribution in [3.63, 3.8) is 0 Å². The van der Waals surface area contributed by atoms with Gasteiger partial charge < -0.3 is 9.80 Å². The summed E-state index contributed by atoms with van der Waals surface area (Å²) >= 11 is 0. The van der Waals surface area contributed by atoms with Crippen LogP contribution in [0.5, 0.6) is 0 Å². The summed E-state index contributed by atoms with van der Waals surface area (Å²) in [5, 5.41) is 5.84. The third-order valence-corrected chi connectivity index (χ3v) is 9.97. The first-order chi connectivity index (χ1) is 21.7. The fourth-order valence-corrected chi connectivity index (χ4v) is 7.03. The van der Waals surface area contributed by atoms with E-state index in [1.165, 1.54) is 5.56 Å². The van der Waals surface area contributed by atoms with Crippen LogP contribution in [0.4, 0.5) is 0 Å². The molecule has 7 nitrogen and oxygen atoms in total. The van der Waals surface area contributed by atoms with Gasteiger partial charge in [0, 0.05) is 18.9 Å². The Morgan fingerprint density at radius 1 is 0.956 bits per heavy atom. The highest BCUT2D eigenvalue weighted by atomic mass is 16.2. The highest BCUT2D eigenvalue weighted by Crippen LogP contribution is 2.31. The molecule has 45 heavy (non-hydrogen) atoms. The van der Waals surface area contributed by atoms with E-state index in [1.807, 2.05) is 53.1 Å². The Hall–Kier alpha value is -3.84. The summed E-state index contributed by atoms with van der Waals surface area (Å²) in [5.74, 6) is 0.281. The van der Waals surface area contributed by atoms with Gasteiger partial charge in [-0.1, -0.05) is 107 Å². The molecule has 6 atom stereocenters. The molecule has 2 aliphatic rings. The van der Waals surface area contributed by atoms with Crippen molar-refractivity contribution in [2.75, 3.05) is 13.1 Å². The van der Waals surface area contributed by atoms with Crippen molar-refractivity contribution in [3.05, 3.63) is 83.9 Å². The van der Waals surface area contributed by atoms with Crippen LogP contribution in [0.2, 0.25) is 0 Å². The molecule has 2 saturated heterocycles. The van der Waals surface area contributed by atoms with Crippen LogP contribution in [0, 0.1) is 17.8 Å². The van der Waals surface area contributed by atoms with E-state index in [0.29, 0.717) is 37.6 Å². The number of aliphatic imine (C=N–C) groups is 1. The molecular formula is C38H48N4O3. The van der Waals surface area contributed by atoms with Crippen LogP contribution in [0.15, 0.2) is 77.8 Å². The minimum absolute atomic E-state index is 0.00185. The number of carbonyl (C=O) groups excluding carboxylic acids is 3. The Kier molecular flexibility index (Phi) is 10.5. The third-order valence-electron chi connectivity index (χ3n) is 9.97. The number of hydrogen-bond donors (Lipinski definition) is 1. The number of amides is 2. The molecule has 5 rings (SSSR count). The van der Waals surface area contributed by atoms with Crippen LogP contribution < -0.4 is 5.32 Å². The number of benzene rings is 3. The normalized spacial score (nSPS) is 22.5. The molecule has 0 bridgehead atoms. The Morgan fingerprint density at radius 2 is 1.67 bits per heavy atom. The van der Waals surface area contributed by atoms with Gasteiger partial charge in [-0.25, -0.2) is 0 Å². The molecule has 1 N–H and O–H groups in total. The summed E-state index contributed by atoms with van der Waals surface area (Å²) in [6, 6.07) is 23.7. The molecule has 3 aromatic rings. The first-order valence-electron chi connectivity index (χ1n) is 16.6. The first-order valence-corrected chi connectivity index (χ1v) is 16.6. The molecule has 2 heterocycles. The number of rotatable bonds is 13. The second kappa shape index (κ2) is 14.5. The Morgan fingerprint density at radius 3 is 2.38 bits per heavy atom. The van der Waals surface area contributed by atoms with Crippen molar-refractivity contribution in [2.24, 2.45) is 22.7 Å². The van der Waals surface area contributed by atoms with Gasteiger partial charge in [-0.05, 0) is 53.0 Å². The Balaban J connectivity index is 1.38. The minimum Gasteiger partial charge on any atom is -0.337 e. The largest absolute Gasteiger partial charge is 0.337 e. The smallest absolute Gasteiger partial charge is 0.245 e. The lowest BCUT2D eigenvalue weighted by molar-refractivity contribution is -0.152. The predicted octanol–water partition coefficient (Wildman–Crippen LogP) is 5.70. The molecule has 2 amide bonds. The molecule has 0 aliphatic carbocycles. The van der Waals surface area contributed by atoms with E-state index in [1.54, 1.807) is 0 Å². The monoisotopic (exact) mass is 608 g/mol. The molecule has 238 valence electrons. The molecule has 2 aliphatic heterocycles. The fourth-order valence-electron chi connectivity index (χ4n) is 7.03. The second-order valence-electron chi connectivity index (χ2n) is 13.3. The van der Waals surface area contributed by atoms with Crippen molar-refractivity contribution >= 4 is 34.6 Å². The van der Waals surface area contributed by atoms with Crippen molar-refractivity contribution in [1.82, 2.24) is 15.1 Å². The van der Waals surface area contributed by atoms with E-state index in [-0.39, 0.29) is 35.9 Å². The molecule has 2 fully saturated rings. The SMILES string of the molecule is CCC(N=C(C=O)C(C)C(C)CC1NC2CN(CCc3ccccc3)C(=O)C(Cc3cccc4ccccc34)N2C1=O)C(C)C. The van der Waals surface area contributed by atoms with Crippen LogP contribution in [-0.2, 0) is 27.2 Å². The molecule has 3 aromatic carbocycles. The zero-order valence-electron chi connectivity index (χ0n) is 27.4. The number of fused-ring (bicyclic) bond motifs is 2. The number of hydrogen-bond acceptors (Lipinski definition) is 5. The van der Waals surface area contributed by atoms with E-state index in [0.717, 1.165) is 35.5 Å². The quantitative estimate of drug-likeness (QED) is 0.199. The number of carbonyl (C=O) groups is 3. The van der Waals surface area contributed by atoms with E-state index in [9.17, 15) is 14.4 Å². The summed E-state index contributed by atoms with van der Waals surface area (Å²) in [7, 11) is 0. The number of piperazine rings is 1. The summed E-state index contributed by atoms with van der Waals surface area (Å²) in [5.41, 5.74) is 2.82. The zero-order chi connectivity index (χ0) is 32.1. The Labute approximate surface area is 268 Å². The van der Waals surface area contributed by atoms with Gasteiger partial charge in [0.25, 0.3) is 0 Å². The van der Waals surface area contributed by atoms with E-state index in [2.05, 4.69) is 69.4 Å². The lowest BCUT2D eigenvalue weighted by Gasteiger charge is -2.42. The lowest BCUT2D eigenvalue weighted by atomic mass is 9.86. The average molecular weight is 609 g/mol. The third kappa shape index (κ3) is 7.19. The Bertz CT molecular complexity index is 1510. The molecular weight excluding hydrogens is 560 g/mol. The highest BCUT2D eigenvalue weighted by Gasteiger charge is 2.50. The summed E-state index contributed by atoms with van der Waals surface area (Å²) in [6.45, 7) is 11.5. The van der Waals surface area contributed by atoms with Gasteiger partial charge in [0.15, 0.2) is 6.29 Å². The minimum atomic E-state index is -0.591. The molecule has 0 aromatic heterocycles. The van der Waals surface area contributed by atoms with E-state index >= 15 is 0 Å². The predicted molar refractivity (Wildman–Crippen MR) is 181 cm³/mol. The average Bonchev–Trinajstić information content (AvgIpc) is 3.36. The number of nitrogens with zero attached hydrogens (tertiary/aromatic N) is 3. The summed E-state index contributed by atoms with van der Waals surface area (Å²) in [4.78, 5) is 49.0. The van der Waals surface area contributed by atoms with Gasteiger partial charge in [0.05, 0.1) is 24.3 Å². The zero-order valence-corrected chi connectivity index (χ0v) is 27.4. The van der Waals surface area contributed by atoms with Gasteiger partial charge in [0.1, 0.15) is 12.2 Å². The topological polar surface area (TPSA) is 82.1 Å². The standard InChI is InChI=1S/C38H48N4O3/c1-6-32(25(2)3)39-34(24-43)27(5)26(4)21-33-37(44)42-35(22-30-17-12-16-29-15-10-11-18-31(29)30)38(45)41(23-36(42)40-33)20-19-28-13-8-7-9-14-28/h7-18,24-27,32-33,35-36,40H,6,19-23H2,1-5H3. The molecule has 0 radical (unpaired) electrons. The molecule has 7 heteroatoms. The fraction of sp³-hybridized carbons (Fsp3) is 0.474. The van der Waals surface area contributed by atoms with Gasteiger partial charge in [0.2, 0.25) is 11.8 Å². The number of nitrogens with one attached hydrogen (secondary N) is 1. The van der Waals surface area contributed by atoms with Crippen molar-refractivity contribution in [1.29, 1.82) is 0 Å². The maximum absolute atomic E-state index is 14.2. The van der Waals surface area contributed by atoms with Crippen LogP contribution in [0.1, 0.15) is 58.6 Å². The van der Waals surface area contributed by atoms with Crippen LogP contribution in [0.25, 0.3) is 10.8 Å². The lowest BCUT2D eigenvalue weighted by Crippen LogP contribution is -2.63. The van der Waals surface area contributed by atoms with Gasteiger partial charge in [-0.2, -0.15) is 0 Å². The first kappa shape index (κ1) is 32.6. The van der Waals surface area contributed by atoms with Gasteiger partial charge in [-0.3, -0.25) is 24.7 Å². The summed E-state index contributed by atoms with van der Waals surface area (Å²) < 4.78 is 0. The highest BCUT2D eigenvalue weighted by molar-refractivity contribution is 6.29. The molecule has 6 unspecified atom stereocenters. The summed E-state index contributed by atoms with van der Waals surface area (Å²) in [6.07, 6.45) is 3.29.